The number of carboxylic acids is 1. The van der Waals surface area contributed by atoms with E-state index < -0.39 is 12.0 Å². The summed E-state index contributed by atoms with van der Waals surface area (Å²) in [6.07, 6.45) is 2.26. The van der Waals surface area contributed by atoms with Gasteiger partial charge in [0.2, 0.25) is 0 Å². The van der Waals surface area contributed by atoms with E-state index in [1.807, 2.05) is 6.92 Å². The van der Waals surface area contributed by atoms with Crippen molar-refractivity contribution < 1.29 is 14.6 Å². The monoisotopic (exact) mass is 202 g/mol. The first-order chi connectivity index (χ1) is 6.63. The van der Waals surface area contributed by atoms with Gasteiger partial charge in [0, 0.05) is 19.2 Å². The minimum atomic E-state index is -0.960. The average Bonchev–Trinajstić information content (AvgIpc) is 2.08. The summed E-state index contributed by atoms with van der Waals surface area (Å²) in [7, 11) is 0. The molecule has 5 heteroatoms. The minimum Gasteiger partial charge on any atom is -0.480 e. The van der Waals surface area contributed by atoms with Gasteiger partial charge < -0.3 is 20.9 Å². The van der Waals surface area contributed by atoms with Gasteiger partial charge in [-0.1, -0.05) is 0 Å². The van der Waals surface area contributed by atoms with Gasteiger partial charge in [0.25, 0.3) is 0 Å². The molecule has 0 aromatic carbocycles. The molecule has 0 heterocycles. The second-order valence-corrected chi connectivity index (χ2v) is 3.60. The van der Waals surface area contributed by atoms with Crippen molar-refractivity contribution in [2.75, 3.05) is 13.2 Å². The average molecular weight is 202 g/mol. The molecule has 0 bridgehead atoms. The molecule has 0 radical (unpaired) electrons. The Morgan fingerprint density at radius 3 is 2.86 bits per heavy atom. The fraction of sp³-hybridized carbons (Fsp3) is 0.889. The molecule has 0 saturated heterocycles. The van der Waals surface area contributed by atoms with E-state index in [-0.39, 0.29) is 0 Å². The molecular formula is C9H18N2O3. The molecule has 1 aliphatic rings. The Bertz CT molecular complexity index is 192. The summed E-state index contributed by atoms with van der Waals surface area (Å²) in [4.78, 5) is 10.4. The Labute approximate surface area is 83.6 Å². The summed E-state index contributed by atoms with van der Waals surface area (Å²) in [5, 5.41) is 11.6. The molecule has 1 unspecified atom stereocenters. The lowest BCUT2D eigenvalue weighted by molar-refractivity contribution is -0.138. The van der Waals surface area contributed by atoms with E-state index in [1.54, 1.807) is 0 Å². The Kier molecular flexibility index (Phi) is 4.31. The standard InChI is InChI=1S/C9H18N2O3/c1-2-14-7-3-6(4-7)11-5-8(10)9(12)13/h6-8,11H,2-5,10H2,1H3,(H,12,13). The molecule has 1 fully saturated rings. The van der Waals surface area contributed by atoms with E-state index in [0.29, 0.717) is 18.7 Å². The molecule has 0 aromatic heterocycles. The second kappa shape index (κ2) is 5.29. The maximum atomic E-state index is 10.4. The van der Waals surface area contributed by atoms with Crippen LogP contribution >= 0.6 is 0 Å². The van der Waals surface area contributed by atoms with Gasteiger partial charge in [-0.05, 0) is 19.8 Å². The number of carboxylic acid groups (broad SMARTS) is 1. The zero-order valence-corrected chi connectivity index (χ0v) is 8.40. The first-order valence-electron chi connectivity index (χ1n) is 4.96. The molecule has 1 atom stereocenters. The van der Waals surface area contributed by atoms with Crippen LogP contribution in [0.1, 0.15) is 19.8 Å². The Morgan fingerprint density at radius 1 is 1.71 bits per heavy atom. The van der Waals surface area contributed by atoms with Crippen molar-refractivity contribution in [1.29, 1.82) is 0 Å². The van der Waals surface area contributed by atoms with Crippen LogP contribution in [0.3, 0.4) is 0 Å². The Morgan fingerprint density at radius 2 is 2.36 bits per heavy atom. The quantitative estimate of drug-likeness (QED) is 0.543. The first kappa shape index (κ1) is 11.4. The van der Waals surface area contributed by atoms with Gasteiger partial charge in [-0.15, -0.1) is 0 Å². The maximum absolute atomic E-state index is 10.4. The molecule has 0 aliphatic heterocycles. The van der Waals surface area contributed by atoms with Crippen molar-refractivity contribution in [2.24, 2.45) is 5.73 Å². The van der Waals surface area contributed by atoms with Crippen molar-refractivity contribution in [3.05, 3.63) is 0 Å². The van der Waals surface area contributed by atoms with E-state index in [2.05, 4.69) is 5.32 Å². The van der Waals surface area contributed by atoms with E-state index in [4.69, 9.17) is 15.6 Å². The number of aliphatic carboxylic acids is 1. The fourth-order valence-corrected chi connectivity index (χ4v) is 1.49. The number of nitrogens with one attached hydrogen (secondary N) is 1. The van der Waals surface area contributed by atoms with Crippen LogP contribution in [0.15, 0.2) is 0 Å². The highest BCUT2D eigenvalue weighted by Crippen LogP contribution is 2.22. The molecule has 0 aromatic rings. The fourth-order valence-electron chi connectivity index (χ4n) is 1.49. The lowest BCUT2D eigenvalue weighted by atomic mass is 9.89. The van der Waals surface area contributed by atoms with Gasteiger partial charge in [0.15, 0.2) is 0 Å². The molecular weight excluding hydrogens is 184 g/mol. The van der Waals surface area contributed by atoms with Gasteiger partial charge >= 0.3 is 5.97 Å². The van der Waals surface area contributed by atoms with Crippen LogP contribution in [-0.4, -0.2) is 42.4 Å². The molecule has 0 amide bonds. The second-order valence-electron chi connectivity index (χ2n) is 3.60. The Hall–Kier alpha value is -0.650. The Balaban J connectivity index is 2.03. The summed E-state index contributed by atoms with van der Waals surface area (Å²) < 4.78 is 5.37. The highest BCUT2D eigenvalue weighted by molar-refractivity contribution is 5.73. The lowest BCUT2D eigenvalue weighted by Crippen LogP contribution is -2.50. The van der Waals surface area contributed by atoms with Crippen LogP contribution in [-0.2, 0) is 9.53 Å². The van der Waals surface area contributed by atoms with Crippen LogP contribution in [0.5, 0.6) is 0 Å². The van der Waals surface area contributed by atoms with Gasteiger partial charge in [-0.25, -0.2) is 0 Å². The maximum Gasteiger partial charge on any atom is 0.321 e. The van der Waals surface area contributed by atoms with Gasteiger partial charge in [0.05, 0.1) is 6.10 Å². The number of hydrogen-bond acceptors (Lipinski definition) is 4. The normalized spacial score (nSPS) is 28.1. The predicted molar refractivity (Wildman–Crippen MR) is 52.0 cm³/mol. The van der Waals surface area contributed by atoms with Crippen LogP contribution in [0.2, 0.25) is 0 Å². The summed E-state index contributed by atoms with van der Waals surface area (Å²) in [6, 6.07) is -0.432. The summed E-state index contributed by atoms with van der Waals surface area (Å²) >= 11 is 0. The van der Waals surface area contributed by atoms with Gasteiger partial charge in [0.1, 0.15) is 6.04 Å². The number of carbonyl (C=O) groups is 1. The zero-order valence-electron chi connectivity index (χ0n) is 8.40. The molecule has 1 rings (SSSR count). The molecule has 0 spiro atoms. The first-order valence-corrected chi connectivity index (χ1v) is 4.96. The van der Waals surface area contributed by atoms with Gasteiger partial charge in [-0.3, -0.25) is 4.79 Å². The minimum absolute atomic E-state index is 0.332. The zero-order chi connectivity index (χ0) is 10.6. The molecule has 1 saturated carbocycles. The van der Waals surface area contributed by atoms with Crippen LogP contribution in [0.4, 0.5) is 0 Å². The number of ether oxygens (including phenoxy) is 1. The van der Waals surface area contributed by atoms with Crippen molar-refractivity contribution in [3.8, 4) is 0 Å². The highest BCUT2D eigenvalue weighted by atomic mass is 16.5. The van der Waals surface area contributed by atoms with Crippen LogP contribution in [0.25, 0.3) is 0 Å². The van der Waals surface area contributed by atoms with Gasteiger partial charge in [-0.2, -0.15) is 0 Å². The third-order valence-electron chi connectivity index (χ3n) is 2.44. The highest BCUT2D eigenvalue weighted by Gasteiger charge is 2.29. The lowest BCUT2D eigenvalue weighted by Gasteiger charge is -2.35. The molecule has 14 heavy (non-hydrogen) atoms. The molecule has 1 aliphatic carbocycles. The van der Waals surface area contributed by atoms with Crippen LogP contribution in [0, 0.1) is 0 Å². The van der Waals surface area contributed by atoms with Crippen LogP contribution < -0.4 is 11.1 Å². The van der Waals surface area contributed by atoms with Crippen molar-refractivity contribution in [1.82, 2.24) is 5.32 Å². The number of rotatable bonds is 6. The largest absolute Gasteiger partial charge is 0.480 e. The summed E-state index contributed by atoms with van der Waals surface area (Å²) in [5.74, 6) is -0.960. The van der Waals surface area contributed by atoms with Crippen molar-refractivity contribution in [2.45, 2.75) is 38.0 Å². The summed E-state index contributed by atoms with van der Waals surface area (Å²) in [6.45, 7) is 3.05. The summed E-state index contributed by atoms with van der Waals surface area (Å²) in [5.41, 5.74) is 5.34. The van der Waals surface area contributed by atoms with E-state index in [9.17, 15) is 4.79 Å². The third-order valence-corrected chi connectivity index (χ3v) is 2.44. The van der Waals surface area contributed by atoms with E-state index >= 15 is 0 Å². The molecule has 4 N–H and O–H groups in total. The van der Waals surface area contributed by atoms with E-state index in [0.717, 1.165) is 19.4 Å². The predicted octanol–water partition coefficient (Wildman–Crippen LogP) is -0.445. The molecule has 5 nitrogen and oxygen atoms in total. The number of hydrogen-bond donors (Lipinski definition) is 3. The third kappa shape index (κ3) is 3.25. The van der Waals surface area contributed by atoms with E-state index in [1.165, 1.54) is 0 Å². The topological polar surface area (TPSA) is 84.6 Å². The molecule has 82 valence electrons. The number of nitrogens with two attached hydrogens (primary N) is 1. The SMILES string of the molecule is CCOC1CC(NCC(N)C(=O)O)C1. The van der Waals surface area contributed by atoms with Crippen molar-refractivity contribution >= 4 is 5.97 Å². The van der Waals surface area contributed by atoms with Crippen molar-refractivity contribution in [3.63, 3.8) is 0 Å². The smallest absolute Gasteiger partial charge is 0.321 e.